The second kappa shape index (κ2) is 5.42. The summed E-state index contributed by atoms with van der Waals surface area (Å²) < 4.78 is 48.3. The highest BCUT2D eigenvalue weighted by molar-refractivity contribution is 7.88. The first kappa shape index (κ1) is 13.9. The van der Waals surface area contributed by atoms with E-state index in [2.05, 4.69) is 0 Å². The minimum atomic E-state index is -3.76. The summed E-state index contributed by atoms with van der Waals surface area (Å²) in [6, 6.07) is 6.45. The lowest BCUT2D eigenvalue weighted by molar-refractivity contribution is 0.126. The van der Waals surface area contributed by atoms with Crippen LogP contribution in [0.15, 0.2) is 24.3 Å². The topological polar surface area (TPSA) is 63.4 Å². The van der Waals surface area contributed by atoms with E-state index in [0.29, 0.717) is 15.6 Å². The third-order valence-electron chi connectivity index (χ3n) is 2.26. The standard InChI is InChI=1S/C10H14F2N2O2S/c1-14(6-10(11)12)17(15,16)7-8-4-2-3-5-9(8)13/h2-5,10H,6-7,13H2,1H3. The smallest absolute Gasteiger partial charge is 0.252 e. The van der Waals surface area contributed by atoms with E-state index in [9.17, 15) is 17.2 Å². The number of hydrogen-bond donors (Lipinski definition) is 1. The average Bonchev–Trinajstić information content (AvgIpc) is 2.20. The summed E-state index contributed by atoms with van der Waals surface area (Å²) >= 11 is 0. The van der Waals surface area contributed by atoms with Crippen LogP contribution in [0, 0.1) is 0 Å². The average molecular weight is 264 g/mol. The summed E-state index contributed by atoms with van der Waals surface area (Å²) in [5.41, 5.74) is 6.34. The number of sulfonamides is 1. The maximum absolute atomic E-state index is 12.1. The first-order valence-corrected chi connectivity index (χ1v) is 6.49. The number of nitrogens with two attached hydrogens (primary N) is 1. The minimum Gasteiger partial charge on any atom is -0.398 e. The molecule has 0 unspecified atom stereocenters. The van der Waals surface area contributed by atoms with Gasteiger partial charge in [-0.05, 0) is 11.6 Å². The van der Waals surface area contributed by atoms with Crippen LogP contribution in [-0.2, 0) is 15.8 Å². The van der Waals surface area contributed by atoms with Crippen LogP contribution in [0.25, 0.3) is 0 Å². The molecule has 0 saturated heterocycles. The van der Waals surface area contributed by atoms with Gasteiger partial charge in [0.2, 0.25) is 10.0 Å². The molecular formula is C10H14F2N2O2S. The number of rotatable bonds is 5. The third kappa shape index (κ3) is 3.94. The van der Waals surface area contributed by atoms with Gasteiger partial charge in [-0.3, -0.25) is 0 Å². The van der Waals surface area contributed by atoms with Crippen LogP contribution in [0.4, 0.5) is 14.5 Å². The Balaban J connectivity index is 2.84. The van der Waals surface area contributed by atoms with Gasteiger partial charge in [0.1, 0.15) is 0 Å². The molecule has 96 valence electrons. The normalized spacial score (nSPS) is 12.3. The first-order valence-electron chi connectivity index (χ1n) is 4.88. The van der Waals surface area contributed by atoms with Crippen molar-refractivity contribution in [3.8, 4) is 0 Å². The van der Waals surface area contributed by atoms with E-state index in [1.165, 1.54) is 0 Å². The van der Waals surface area contributed by atoms with E-state index >= 15 is 0 Å². The SMILES string of the molecule is CN(CC(F)F)S(=O)(=O)Cc1ccccc1N. The van der Waals surface area contributed by atoms with Crippen molar-refractivity contribution in [2.24, 2.45) is 0 Å². The van der Waals surface area contributed by atoms with E-state index in [0.717, 1.165) is 7.05 Å². The largest absolute Gasteiger partial charge is 0.398 e. The Kier molecular flexibility index (Phi) is 4.41. The number of halogens is 2. The van der Waals surface area contributed by atoms with Crippen LogP contribution in [0.1, 0.15) is 5.56 Å². The van der Waals surface area contributed by atoms with Crippen LogP contribution < -0.4 is 5.73 Å². The number of anilines is 1. The van der Waals surface area contributed by atoms with Gasteiger partial charge >= 0.3 is 0 Å². The van der Waals surface area contributed by atoms with Gasteiger partial charge in [0.05, 0.1) is 12.3 Å². The molecule has 0 heterocycles. The van der Waals surface area contributed by atoms with Crippen LogP contribution >= 0.6 is 0 Å². The van der Waals surface area contributed by atoms with Gasteiger partial charge in [-0.15, -0.1) is 0 Å². The van der Waals surface area contributed by atoms with Crippen molar-refractivity contribution in [1.82, 2.24) is 4.31 Å². The zero-order valence-electron chi connectivity index (χ0n) is 9.31. The summed E-state index contributed by atoms with van der Waals surface area (Å²) in [6.07, 6.45) is -2.69. The molecule has 4 nitrogen and oxygen atoms in total. The van der Waals surface area contributed by atoms with Crippen molar-refractivity contribution in [1.29, 1.82) is 0 Å². The molecule has 0 atom stereocenters. The highest BCUT2D eigenvalue weighted by atomic mass is 32.2. The van der Waals surface area contributed by atoms with Gasteiger partial charge in [-0.25, -0.2) is 17.2 Å². The zero-order chi connectivity index (χ0) is 13.1. The van der Waals surface area contributed by atoms with Crippen molar-refractivity contribution < 1.29 is 17.2 Å². The van der Waals surface area contributed by atoms with E-state index in [-0.39, 0.29) is 5.75 Å². The van der Waals surface area contributed by atoms with E-state index in [1.54, 1.807) is 24.3 Å². The number of nitrogens with zero attached hydrogens (tertiary/aromatic N) is 1. The van der Waals surface area contributed by atoms with Gasteiger partial charge in [-0.1, -0.05) is 18.2 Å². The summed E-state index contributed by atoms with van der Waals surface area (Å²) in [6.45, 7) is -0.810. The Morgan fingerprint density at radius 2 is 1.94 bits per heavy atom. The Morgan fingerprint density at radius 1 is 1.35 bits per heavy atom. The maximum atomic E-state index is 12.1. The number of alkyl halides is 2. The fourth-order valence-corrected chi connectivity index (χ4v) is 2.50. The Morgan fingerprint density at radius 3 is 2.47 bits per heavy atom. The predicted octanol–water partition coefficient (Wildman–Crippen LogP) is 1.30. The monoisotopic (exact) mass is 264 g/mol. The number of para-hydroxylation sites is 1. The highest BCUT2D eigenvalue weighted by Crippen LogP contribution is 2.16. The Labute approximate surface area is 99.1 Å². The number of nitrogen functional groups attached to an aromatic ring is 1. The summed E-state index contributed by atoms with van der Waals surface area (Å²) in [7, 11) is -2.63. The molecule has 0 spiro atoms. The third-order valence-corrected chi connectivity index (χ3v) is 4.04. The quantitative estimate of drug-likeness (QED) is 0.815. The fourth-order valence-electron chi connectivity index (χ4n) is 1.28. The maximum Gasteiger partial charge on any atom is 0.252 e. The Hall–Kier alpha value is -1.21. The molecule has 1 aromatic carbocycles. The molecule has 1 rings (SSSR count). The molecule has 7 heteroatoms. The lowest BCUT2D eigenvalue weighted by atomic mass is 10.2. The van der Waals surface area contributed by atoms with Crippen LogP contribution in [0.2, 0.25) is 0 Å². The molecule has 0 radical (unpaired) electrons. The second-order valence-corrected chi connectivity index (χ2v) is 5.70. The van der Waals surface area contributed by atoms with Crippen molar-refractivity contribution in [2.45, 2.75) is 12.2 Å². The fraction of sp³-hybridized carbons (Fsp3) is 0.400. The summed E-state index contributed by atoms with van der Waals surface area (Å²) in [4.78, 5) is 0. The molecule has 0 amide bonds. The van der Waals surface area contributed by atoms with Gasteiger partial charge < -0.3 is 5.73 Å². The predicted molar refractivity (Wildman–Crippen MR) is 62.1 cm³/mol. The van der Waals surface area contributed by atoms with Crippen LogP contribution in [-0.4, -0.2) is 32.7 Å². The minimum absolute atomic E-state index is 0.335. The molecule has 0 bridgehead atoms. The van der Waals surface area contributed by atoms with Gasteiger partial charge in [0.15, 0.2) is 0 Å². The molecule has 0 aliphatic carbocycles. The van der Waals surface area contributed by atoms with E-state index < -0.39 is 23.0 Å². The summed E-state index contributed by atoms with van der Waals surface area (Å²) in [5.74, 6) is -0.372. The number of hydrogen-bond acceptors (Lipinski definition) is 3. The molecule has 1 aromatic rings. The van der Waals surface area contributed by atoms with Gasteiger partial charge in [0.25, 0.3) is 6.43 Å². The molecule has 0 fully saturated rings. The van der Waals surface area contributed by atoms with Crippen LogP contribution in [0.5, 0.6) is 0 Å². The highest BCUT2D eigenvalue weighted by Gasteiger charge is 2.22. The number of benzene rings is 1. The summed E-state index contributed by atoms with van der Waals surface area (Å²) in [5, 5.41) is 0. The molecule has 0 aliphatic rings. The lowest BCUT2D eigenvalue weighted by Gasteiger charge is -2.17. The van der Waals surface area contributed by atoms with Gasteiger partial charge in [-0.2, -0.15) is 4.31 Å². The molecule has 0 saturated carbocycles. The zero-order valence-corrected chi connectivity index (χ0v) is 10.1. The molecule has 17 heavy (non-hydrogen) atoms. The van der Waals surface area contributed by atoms with Crippen molar-refractivity contribution in [3.63, 3.8) is 0 Å². The molecule has 0 aliphatic heterocycles. The molecule has 2 N–H and O–H groups in total. The van der Waals surface area contributed by atoms with Crippen molar-refractivity contribution in [3.05, 3.63) is 29.8 Å². The molecule has 0 aromatic heterocycles. The van der Waals surface area contributed by atoms with E-state index in [4.69, 9.17) is 5.73 Å². The second-order valence-electron chi connectivity index (χ2n) is 3.63. The Bertz CT molecular complexity index is 477. The van der Waals surface area contributed by atoms with E-state index in [1.807, 2.05) is 0 Å². The van der Waals surface area contributed by atoms with Crippen molar-refractivity contribution in [2.75, 3.05) is 19.3 Å². The lowest BCUT2D eigenvalue weighted by Crippen LogP contribution is -2.32. The van der Waals surface area contributed by atoms with Crippen LogP contribution in [0.3, 0.4) is 0 Å². The molecular weight excluding hydrogens is 250 g/mol. The van der Waals surface area contributed by atoms with Crippen molar-refractivity contribution >= 4 is 15.7 Å². The van der Waals surface area contributed by atoms with Gasteiger partial charge in [0, 0.05) is 12.7 Å². The first-order chi connectivity index (χ1) is 7.83.